The number of ether oxygens (including phenoxy) is 1. The number of carbonyl (C=O) groups excluding carboxylic acids is 1. The number of rotatable bonds is 6. The predicted octanol–water partition coefficient (Wildman–Crippen LogP) is 3.77. The highest BCUT2D eigenvalue weighted by atomic mass is 19.1. The molecule has 6 heteroatoms. The third-order valence-corrected chi connectivity index (χ3v) is 4.00. The fourth-order valence-corrected chi connectivity index (χ4v) is 2.55. The van der Waals surface area contributed by atoms with E-state index in [1.807, 2.05) is 31.2 Å². The summed E-state index contributed by atoms with van der Waals surface area (Å²) in [7, 11) is 1.61. The first kappa shape index (κ1) is 17.7. The van der Waals surface area contributed by atoms with E-state index in [2.05, 4.69) is 10.3 Å². The second kappa shape index (κ2) is 7.82. The molecule has 0 radical (unpaired) electrons. The molecule has 3 aromatic rings. The van der Waals surface area contributed by atoms with Crippen LogP contribution < -0.4 is 10.1 Å². The van der Waals surface area contributed by atoms with Crippen molar-refractivity contribution in [3.63, 3.8) is 0 Å². The van der Waals surface area contributed by atoms with Crippen molar-refractivity contribution in [2.75, 3.05) is 13.7 Å². The molecule has 0 bridgehead atoms. The maximum atomic E-state index is 13.6. The van der Waals surface area contributed by atoms with Crippen LogP contribution in [0.1, 0.15) is 21.8 Å². The Hall–Kier alpha value is -3.15. The molecule has 0 aliphatic rings. The first-order chi connectivity index (χ1) is 12.6. The number of nitrogens with one attached hydrogen (secondary N) is 1. The highest BCUT2D eigenvalue weighted by molar-refractivity contribution is 5.94. The summed E-state index contributed by atoms with van der Waals surface area (Å²) in [5.41, 5.74) is 1.63. The lowest BCUT2D eigenvalue weighted by atomic mass is 10.2. The zero-order chi connectivity index (χ0) is 18.5. The molecular formula is C20H19FN2O3. The SMILES string of the molecule is COc1ccc(-c2nc(CCNC(=O)c3ccccc3F)c(C)o2)cc1. The molecule has 0 spiro atoms. The summed E-state index contributed by atoms with van der Waals surface area (Å²) in [6, 6.07) is 13.3. The molecule has 3 rings (SSSR count). The van der Waals surface area contributed by atoms with Crippen molar-refractivity contribution >= 4 is 5.91 Å². The van der Waals surface area contributed by atoms with Gasteiger partial charge in [-0.15, -0.1) is 0 Å². The van der Waals surface area contributed by atoms with E-state index < -0.39 is 11.7 Å². The molecular weight excluding hydrogens is 335 g/mol. The summed E-state index contributed by atoms with van der Waals surface area (Å²) in [6.45, 7) is 2.16. The highest BCUT2D eigenvalue weighted by Gasteiger charge is 2.13. The van der Waals surface area contributed by atoms with E-state index >= 15 is 0 Å². The van der Waals surface area contributed by atoms with Gasteiger partial charge in [0.2, 0.25) is 5.89 Å². The lowest BCUT2D eigenvalue weighted by Crippen LogP contribution is -2.26. The molecule has 0 atom stereocenters. The first-order valence-corrected chi connectivity index (χ1v) is 8.22. The van der Waals surface area contributed by atoms with E-state index in [-0.39, 0.29) is 5.56 Å². The molecule has 0 saturated heterocycles. The van der Waals surface area contributed by atoms with Crippen molar-refractivity contribution in [2.45, 2.75) is 13.3 Å². The van der Waals surface area contributed by atoms with Crippen molar-refractivity contribution in [2.24, 2.45) is 0 Å². The van der Waals surface area contributed by atoms with Crippen LogP contribution in [-0.4, -0.2) is 24.5 Å². The van der Waals surface area contributed by atoms with Crippen LogP contribution in [0.5, 0.6) is 5.75 Å². The lowest BCUT2D eigenvalue weighted by Gasteiger charge is -2.05. The van der Waals surface area contributed by atoms with Crippen LogP contribution in [0.3, 0.4) is 0 Å². The monoisotopic (exact) mass is 354 g/mol. The van der Waals surface area contributed by atoms with E-state index in [0.29, 0.717) is 24.6 Å². The Morgan fingerprint density at radius 3 is 2.62 bits per heavy atom. The topological polar surface area (TPSA) is 64.4 Å². The number of carbonyl (C=O) groups is 1. The van der Waals surface area contributed by atoms with Crippen molar-refractivity contribution < 1.29 is 18.3 Å². The molecule has 2 aromatic carbocycles. The van der Waals surface area contributed by atoms with Gasteiger partial charge >= 0.3 is 0 Å². The molecule has 134 valence electrons. The predicted molar refractivity (Wildman–Crippen MR) is 95.7 cm³/mol. The van der Waals surface area contributed by atoms with Crippen LogP contribution in [0, 0.1) is 12.7 Å². The van der Waals surface area contributed by atoms with E-state index in [4.69, 9.17) is 9.15 Å². The summed E-state index contributed by atoms with van der Waals surface area (Å²) in [5, 5.41) is 2.70. The van der Waals surface area contributed by atoms with E-state index in [9.17, 15) is 9.18 Å². The minimum atomic E-state index is -0.538. The molecule has 26 heavy (non-hydrogen) atoms. The fraction of sp³-hybridized carbons (Fsp3) is 0.200. The minimum Gasteiger partial charge on any atom is -0.497 e. The number of aryl methyl sites for hydroxylation is 1. The minimum absolute atomic E-state index is 0.0308. The maximum Gasteiger partial charge on any atom is 0.254 e. The fourth-order valence-electron chi connectivity index (χ4n) is 2.55. The number of aromatic nitrogens is 1. The number of amides is 1. The number of hydrogen-bond donors (Lipinski definition) is 1. The summed E-state index contributed by atoms with van der Waals surface area (Å²) < 4.78 is 24.4. The maximum absolute atomic E-state index is 13.6. The first-order valence-electron chi connectivity index (χ1n) is 8.22. The lowest BCUT2D eigenvalue weighted by molar-refractivity contribution is 0.0950. The van der Waals surface area contributed by atoms with Crippen LogP contribution in [-0.2, 0) is 6.42 Å². The number of hydrogen-bond acceptors (Lipinski definition) is 4. The third kappa shape index (κ3) is 3.91. The molecule has 0 fully saturated rings. The average Bonchev–Trinajstić information content (AvgIpc) is 3.03. The van der Waals surface area contributed by atoms with Gasteiger partial charge in [0.05, 0.1) is 18.4 Å². The van der Waals surface area contributed by atoms with Gasteiger partial charge in [-0.2, -0.15) is 0 Å². The van der Waals surface area contributed by atoms with Gasteiger partial charge in [0.25, 0.3) is 5.91 Å². The number of methoxy groups -OCH3 is 1. The largest absolute Gasteiger partial charge is 0.497 e. The molecule has 5 nitrogen and oxygen atoms in total. The number of oxazole rings is 1. The molecule has 1 amide bonds. The van der Waals surface area contributed by atoms with Gasteiger partial charge in [0.15, 0.2) is 0 Å². The second-order valence-electron chi connectivity index (χ2n) is 5.74. The van der Waals surface area contributed by atoms with Gasteiger partial charge in [-0.05, 0) is 43.3 Å². The van der Waals surface area contributed by atoms with Crippen LogP contribution >= 0.6 is 0 Å². The van der Waals surface area contributed by atoms with E-state index in [1.54, 1.807) is 19.2 Å². The van der Waals surface area contributed by atoms with Crippen LogP contribution in [0.25, 0.3) is 11.5 Å². The molecule has 1 heterocycles. The molecule has 0 aliphatic heterocycles. The Balaban J connectivity index is 1.63. The standard InChI is InChI=1S/C20H19FN2O3/c1-13-18(11-12-22-19(24)16-5-3-4-6-17(16)21)23-20(26-13)14-7-9-15(25-2)10-8-14/h3-10H,11-12H2,1-2H3,(H,22,24). The highest BCUT2D eigenvalue weighted by Crippen LogP contribution is 2.24. The van der Waals surface area contributed by atoms with Gasteiger partial charge in [-0.3, -0.25) is 4.79 Å². The summed E-state index contributed by atoms with van der Waals surface area (Å²) in [6.07, 6.45) is 0.492. The molecule has 1 N–H and O–H groups in total. The molecule has 0 unspecified atom stereocenters. The Morgan fingerprint density at radius 2 is 1.92 bits per heavy atom. The molecule has 0 saturated carbocycles. The Kier molecular flexibility index (Phi) is 5.31. The normalized spacial score (nSPS) is 10.6. The summed E-state index contributed by atoms with van der Waals surface area (Å²) >= 11 is 0. The average molecular weight is 354 g/mol. The number of halogens is 1. The Labute approximate surface area is 150 Å². The van der Waals surface area contributed by atoms with Crippen LogP contribution in [0.15, 0.2) is 52.9 Å². The summed E-state index contributed by atoms with van der Waals surface area (Å²) in [5.74, 6) is 0.980. The van der Waals surface area contributed by atoms with Crippen LogP contribution in [0.2, 0.25) is 0 Å². The number of benzene rings is 2. The van der Waals surface area contributed by atoms with E-state index in [0.717, 1.165) is 17.0 Å². The smallest absolute Gasteiger partial charge is 0.254 e. The zero-order valence-corrected chi connectivity index (χ0v) is 14.6. The van der Waals surface area contributed by atoms with Crippen molar-refractivity contribution in [1.82, 2.24) is 10.3 Å². The van der Waals surface area contributed by atoms with Gasteiger partial charge < -0.3 is 14.5 Å². The molecule has 1 aromatic heterocycles. The molecule has 0 aliphatic carbocycles. The van der Waals surface area contributed by atoms with Crippen molar-refractivity contribution in [3.8, 4) is 17.2 Å². The quantitative estimate of drug-likeness (QED) is 0.732. The van der Waals surface area contributed by atoms with E-state index in [1.165, 1.54) is 12.1 Å². The Morgan fingerprint density at radius 1 is 1.19 bits per heavy atom. The van der Waals surface area contributed by atoms with Crippen molar-refractivity contribution in [1.29, 1.82) is 0 Å². The number of nitrogens with zero attached hydrogens (tertiary/aromatic N) is 1. The van der Waals surface area contributed by atoms with Gasteiger partial charge in [-0.25, -0.2) is 9.37 Å². The van der Waals surface area contributed by atoms with Crippen molar-refractivity contribution in [3.05, 3.63) is 71.4 Å². The van der Waals surface area contributed by atoms with Gasteiger partial charge in [0.1, 0.15) is 17.3 Å². The third-order valence-electron chi connectivity index (χ3n) is 4.00. The Bertz CT molecular complexity index is 904. The van der Waals surface area contributed by atoms with Crippen LogP contribution in [0.4, 0.5) is 4.39 Å². The van der Waals surface area contributed by atoms with Gasteiger partial charge in [0, 0.05) is 18.5 Å². The second-order valence-corrected chi connectivity index (χ2v) is 5.74. The van der Waals surface area contributed by atoms with Gasteiger partial charge in [-0.1, -0.05) is 12.1 Å². The zero-order valence-electron chi connectivity index (χ0n) is 14.6. The summed E-state index contributed by atoms with van der Waals surface area (Å²) in [4.78, 5) is 16.5.